The fraction of sp³-hybridized carbons (Fsp3) is 0.765. The van der Waals surface area contributed by atoms with Crippen molar-refractivity contribution >= 4 is 0 Å². The van der Waals surface area contributed by atoms with Crippen molar-refractivity contribution in [3.05, 3.63) is 23.3 Å². The SMILES string of the molecule is Cc1cc(CNCC(C)C)nc(C2CCC(C)CC2)n1. The summed E-state index contributed by atoms with van der Waals surface area (Å²) in [6, 6.07) is 2.11. The van der Waals surface area contributed by atoms with Gasteiger partial charge in [0.25, 0.3) is 0 Å². The Balaban J connectivity index is 2.00. The first kappa shape index (κ1) is 15.4. The van der Waals surface area contributed by atoms with Gasteiger partial charge in [-0.3, -0.25) is 0 Å². The summed E-state index contributed by atoms with van der Waals surface area (Å²) in [6.07, 6.45) is 5.15. The summed E-state index contributed by atoms with van der Waals surface area (Å²) in [4.78, 5) is 9.49. The normalized spacial score (nSPS) is 23.2. The van der Waals surface area contributed by atoms with E-state index in [1.165, 1.54) is 25.7 Å². The van der Waals surface area contributed by atoms with Crippen molar-refractivity contribution in [2.24, 2.45) is 11.8 Å². The summed E-state index contributed by atoms with van der Waals surface area (Å²) >= 11 is 0. The Bertz CT molecular complexity index is 420. The fourth-order valence-corrected chi connectivity index (χ4v) is 2.94. The second kappa shape index (κ2) is 7.16. The molecule has 0 aromatic carbocycles. The maximum atomic E-state index is 4.81. The molecule has 0 bridgehead atoms. The minimum absolute atomic E-state index is 0.579. The van der Waals surface area contributed by atoms with Gasteiger partial charge in [-0.25, -0.2) is 9.97 Å². The third kappa shape index (κ3) is 4.55. The van der Waals surface area contributed by atoms with Gasteiger partial charge in [-0.1, -0.05) is 33.6 Å². The highest BCUT2D eigenvalue weighted by molar-refractivity contribution is 5.12. The van der Waals surface area contributed by atoms with Crippen LogP contribution in [0.25, 0.3) is 0 Å². The highest BCUT2D eigenvalue weighted by Crippen LogP contribution is 2.33. The molecule has 0 spiro atoms. The average Bonchev–Trinajstić information content (AvgIpc) is 2.38. The number of hydrogen-bond acceptors (Lipinski definition) is 3. The molecule has 0 saturated heterocycles. The van der Waals surface area contributed by atoms with Gasteiger partial charge in [0.2, 0.25) is 0 Å². The summed E-state index contributed by atoms with van der Waals surface area (Å²) in [5, 5.41) is 3.48. The van der Waals surface area contributed by atoms with Crippen molar-refractivity contribution in [2.45, 2.75) is 65.8 Å². The second-order valence-electron chi connectivity index (χ2n) is 6.84. The van der Waals surface area contributed by atoms with E-state index in [0.29, 0.717) is 11.8 Å². The third-order valence-corrected chi connectivity index (χ3v) is 4.16. The maximum Gasteiger partial charge on any atom is 0.131 e. The molecular formula is C17H29N3. The highest BCUT2D eigenvalue weighted by atomic mass is 14.9. The lowest BCUT2D eigenvalue weighted by molar-refractivity contribution is 0.339. The Hall–Kier alpha value is -0.960. The molecule has 1 fully saturated rings. The van der Waals surface area contributed by atoms with Gasteiger partial charge in [0.1, 0.15) is 5.82 Å². The molecule has 1 aromatic rings. The predicted molar refractivity (Wildman–Crippen MR) is 83.7 cm³/mol. The van der Waals surface area contributed by atoms with E-state index in [0.717, 1.165) is 36.2 Å². The van der Waals surface area contributed by atoms with Gasteiger partial charge < -0.3 is 5.32 Å². The summed E-state index contributed by atoms with van der Waals surface area (Å²) in [7, 11) is 0. The lowest BCUT2D eigenvalue weighted by Gasteiger charge is -2.25. The van der Waals surface area contributed by atoms with E-state index < -0.39 is 0 Å². The van der Waals surface area contributed by atoms with Crippen LogP contribution in [0.15, 0.2) is 6.07 Å². The Kier molecular flexibility index (Phi) is 5.53. The molecule has 3 heteroatoms. The average molecular weight is 275 g/mol. The van der Waals surface area contributed by atoms with Crippen molar-refractivity contribution in [1.29, 1.82) is 0 Å². The molecular weight excluding hydrogens is 246 g/mol. The molecule has 1 saturated carbocycles. The lowest BCUT2D eigenvalue weighted by atomic mass is 9.82. The molecule has 1 aliphatic rings. The number of aromatic nitrogens is 2. The molecule has 0 aliphatic heterocycles. The van der Waals surface area contributed by atoms with Crippen molar-refractivity contribution < 1.29 is 0 Å². The summed E-state index contributed by atoms with van der Waals surface area (Å²) < 4.78 is 0. The van der Waals surface area contributed by atoms with Crippen molar-refractivity contribution in [1.82, 2.24) is 15.3 Å². The van der Waals surface area contributed by atoms with Gasteiger partial charge in [-0.15, -0.1) is 0 Å². The van der Waals surface area contributed by atoms with Crippen LogP contribution in [0.1, 0.15) is 69.6 Å². The first-order valence-electron chi connectivity index (χ1n) is 8.09. The Morgan fingerprint density at radius 2 is 1.90 bits per heavy atom. The van der Waals surface area contributed by atoms with E-state index in [-0.39, 0.29) is 0 Å². The molecule has 1 aromatic heterocycles. The van der Waals surface area contributed by atoms with Crippen LogP contribution in [0, 0.1) is 18.8 Å². The zero-order valence-electron chi connectivity index (χ0n) is 13.4. The smallest absolute Gasteiger partial charge is 0.131 e. The number of nitrogens with one attached hydrogen (secondary N) is 1. The molecule has 0 radical (unpaired) electrons. The summed E-state index contributed by atoms with van der Waals surface area (Å²) in [5.74, 6) is 3.22. The van der Waals surface area contributed by atoms with E-state index in [4.69, 9.17) is 4.98 Å². The molecule has 1 aliphatic carbocycles. The molecule has 1 N–H and O–H groups in total. The van der Waals surface area contributed by atoms with E-state index in [2.05, 4.69) is 44.1 Å². The third-order valence-electron chi connectivity index (χ3n) is 4.16. The van der Waals surface area contributed by atoms with Crippen LogP contribution in [0.5, 0.6) is 0 Å². The second-order valence-corrected chi connectivity index (χ2v) is 6.84. The van der Waals surface area contributed by atoms with Crippen LogP contribution in [0.3, 0.4) is 0 Å². The van der Waals surface area contributed by atoms with Gasteiger partial charge in [-0.05, 0) is 44.2 Å². The maximum absolute atomic E-state index is 4.81. The number of aryl methyl sites for hydroxylation is 1. The minimum atomic E-state index is 0.579. The van der Waals surface area contributed by atoms with E-state index in [1.807, 2.05) is 0 Å². The quantitative estimate of drug-likeness (QED) is 0.887. The Labute approximate surface area is 123 Å². The van der Waals surface area contributed by atoms with Crippen LogP contribution in [0.4, 0.5) is 0 Å². The standard InChI is InChI=1S/C17H29N3/c1-12(2)10-18-11-16-9-14(4)19-17(20-16)15-7-5-13(3)6-8-15/h9,12-13,15,18H,5-8,10-11H2,1-4H3. The largest absolute Gasteiger partial charge is 0.311 e. The highest BCUT2D eigenvalue weighted by Gasteiger charge is 2.22. The Morgan fingerprint density at radius 1 is 1.20 bits per heavy atom. The van der Waals surface area contributed by atoms with E-state index >= 15 is 0 Å². The minimum Gasteiger partial charge on any atom is -0.311 e. The van der Waals surface area contributed by atoms with Gasteiger partial charge in [0.15, 0.2) is 0 Å². The molecule has 2 rings (SSSR count). The van der Waals surface area contributed by atoms with Crippen molar-refractivity contribution in [2.75, 3.05) is 6.54 Å². The van der Waals surface area contributed by atoms with Gasteiger partial charge in [0.05, 0.1) is 5.69 Å². The summed E-state index contributed by atoms with van der Waals surface area (Å²) in [5.41, 5.74) is 2.25. The zero-order chi connectivity index (χ0) is 14.5. The van der Waals surface area contributed by atoms with Crippen LogP contribution < -0.4 is 5.32 Å². The number of hydrogen-bond donors (Lipinski definition) is 1. The molecule has 1 heterocycles. The first-order chi connectivity index (χ1) is 9.54. The molecule has 3 nitrogen and oxygen atoms in total. The molecule has 112 valence electrons. The molecule has 0 amide bonds. The monoisotopic (exact) mass is 275 g/mol. The van der Waals surface area contributed by atoms with Crippen molar-refractivity contribution in [3.8, 4) is 0 Å². The first-order valence-corrected chi connectivity index (χ1v) is 8.09. The van der Waals surface area contributed by atoms with E-state index in [9.17, 15) is 0 Å². The van der Waals surface area contributed by atoms with Crippen LogP contribution >= 0.6 is 0 Å². The number of rotatable bonds is 5. The fourth-order valence-electron chi connectivity index (χ4n) is 2.94. The zero-order valence-corrected chi connectivity index (χ0v) is 13.4. The molecule has 20 heavy (non-hydrogen) atoms. The summed E-state index contributed by atoms with van der Waals surface area (Å²) in [6.45, 7) is 10.8. The van der Waals surface area contributed by atoms with Gasteiger partial charge in [0, 0.05) is 18.2 Å². The van der Waals surface area contributed by atoms with E-state index in [1.54, 1.807) is 0 Å². The lowest BCUT2D eigenvalue weighted by Crippen LogP contribution is -2.21. The molecule has 0 unspecified atom stereocenters. The molecule has 0 atom stereocenters. The van der Waals surface area contributed by atoms with Gasteiger partial charge in [-0.2, -0.15) is 0 Å². The van der Waals surface area contributed by atoms with Crippen LogP contribution in [-0.4, -0.2) is 16.5 Å². The van der Waals surface area contributed by atoms with Crippen LogP contribution in [-0.2, 0) is 6.54 Å². The van der Waals surface area contributed by atoms with Crippen LogP contribution in [0.2, 0.25) is 0 Å². The Morgan fingerprint density at radius 3 is 2.55 bits per heavy atom. The van der Waals surface area contributed by atoms with Gasteiger partial charge >= 0.3 is 0 Å². The topological polar surface area (TPSA) is 37.8 Å². The van der Waals surface area contributed by atoms with Crippen molar-refractivity contribution in [3.63, 3.8) is 0 Å². The predicted octanol–water partition coefficient (Wildman–Crippen LogP) is 3.82. The number of nitrogens with zero attached hydrogens (tertiary/aromatic N) is 2.